The predicted molar refractivity (Wildman–Crippen MR) is 113 cm³/mol. The van der Waals surface area contributed by atoms with Crippen molar-refractivity contribution in [1.82, 2.24) is 5.32 Å². The molecule has 1 aromatic carbocycles. The van der Waals surface area contributed by atoms with E-state index in [-0.39, 0.29) is 17.0 Å². The summed E-state index contributed by atoms with van der Waals surface area (Å²) in [4.78, 5) is 26.6. The molecule has 5 nitrogen and oxygen atoms in total. The van der Waals surface area contributed by atoms with Gasteiger partial charge in [0.2, 0.25) is 0 Å². The number of rotatable bonds is 3. The Kier molecular flexibility index (Phi) is 5.15. The summed E-state index contributed by atoms with van der Waals surface area (Å²) < 4.78 is 5.06. The number of amides is 1. The molecule has 3 rings (SSSR count). The van der Waals surface area contributed by atoms with Gasteiger partial charge in [0, 0.05) is 21.5 Å². The number of benzene rings is 1. The minimum Gasteiger partial charge on any atom is -0.465 e. The topological polar surface area (TPSA) is 67.4 Å². The molecule has 0 saturated heterocycles. The van der Waals surface area contributed by atoms with Crippen LogP contribution in [0.2, 0.25) is 0 Å². The summed E-state index contributed by atoms with van der Waals surface area (Å²) in [6.45, 7) is 12.3. The zero-order valence-corrected chi connectivity index (χ0v) is 18.4. The minimum absolute atomic E-state index is 0.171. The van der Waals surface area contributed by atoms with Crippen molar-refractivity contribution in [3.63, 3.8) is 0 Å². The molecule has 0 radical (unpaired) electrons. The van der Waals surface area contributed by atoms with Crippen molar-refractivity contribution in [3.05, 3.63) is 50.9 Å². The van der Waals surface area contributed by atoms with Crippen LogP contribution in [0.25, 0.3) is 0 Å². The van der Waals surface area contributed by atoms with Gasteiger partial charge in [0.05, 0.1) is 12.7 Å². The second-order valence-electron chi connectivity index (χ2n) is 8.75. The number of carbonyl (C=O) groups excluding carboxylic acids is 2. The van der Waals surface area contributed by atoms with E-state index in [1.807, 2.05) is 32.0 Å². The van der Waals surface area contributed by atoms with Crippen molar-refractivity contribution in [2.24, 2.45) is 0 Å². The van der Waals surface area contributed by atoms with Crippen molar-refractivity contribution < 1.29 is 14.3 Å². The van der Waals surface area contributed by atoms with Gasteiger partial charge in [0.25, 0.3) is 5.91 Å². The number of thiophene rings is 1. The van der Waals surface area contributed by atoms with Gasteiger partial charge in [-0.1, -0.05) is 17.2 Å². The Hall–Kier alpha value is -2.18. The van der Waals surface area contributed by atoms with Crippen LogP contribution in [0.4, 0.5) is 5.00 Å². The van der Waals surface area contributed by atoms with E-state index in [2.05, 4.69) is 38.3 Å². The Morgan fingerprint density at radius 2 is 1.71 bits per heavy atom. The van der Waals surface area contributed by atoms with Crippen LogP contribution in [0.1, 0.15) is 70.0 Å². The van der Waals surface area contributed by atoms with Crippen LogP contribution in [-0.4, -0.2) is 24.5 Å². The van der Waals surface area contributed by atoms with Crippen molar-refractivity contribution >= 4 is 28.2 Å². The smallest absolute Gasteiger partial charge is 0.341 e. The largest absolute Gasteiger partial charge is 0.465 e. The second kappa shape index (κ2) is 7.01. The molecule has 150 valence electrons. The van der Waals surface area contributed by atoms with Crippen molar-refractivity contribution in [3.8, 4) is 0 Å². The molecule has 1 aliphatic heterocycles. The van der Waals surface area contributed by atoms with Gasteiger partial charge in [-0.25, -0.2) is 4.79 Å². The van der Waals surface area contributed by atoms with Gasteiger partial charge < -0.3 is 15.4 Å². The lowest BCUT2D eigenvalue weighted by Crippen LogP contribution is -2.55. The molecule has 0 spiro atoms. The van der Waals surface area contributed by atoms with Crippen molar-refractivity contribution in [2.45, 2.75) is 59.0 Å². The van der Waals surface area contributed by atoms with E-state index in [1.165, 1.54) is 18.4 Å². The van der Waals surface area contributed by atoms with Gasteiger partial charge >= 0.3 is 5.97 Å². The number of ether oxygens (including phenoxy) is 1. The zero-order valence-electron chi connectivity index (χ0n) is 17.6. The van der Waals surface area contributed by atoms with Crippen LogP contribution >= 0.6 is 11.3 Å². The quantitative estimate of drug-likeness (QED) is 0.741. The summed E-state index contributed by atoms with van der Waals surface area (Å²) in [5.41, 5.74) is 3.58. The fourth-order valence-corrected chi connectivity index (χ4v) is 5.47. The molecule has 0 fully saturated rings. The minimum atomic E-state index is -0.415. The van der Waals surface area contributed by atoms with E-state index in [0.717, 1.165) is 21.6 Å². The van der Waals surface area contributed by atoms with Gasteiger partial charge in [-0.2, -0.15) is 0 Å². The third-order valence-electron chi connectivity index (χ3n) is 4.94. The lowest BCUT2D eigenvalue weighted by molar-refractivity contribution is 0.0600. The number of nitrogens with one attached hydrogen (secondary N) is 2. The maximum absolute atomic E-state index is 12.9. The Labute approximate surface area is 170 Å². The van der Waals surface area contributed by atoms with Crippen molar-refractivity contribution in [1.29, 1.82) is 0 Å². The Morgan fingerprint density at radius 3 is 2.29 bits per heavy atom. The average Bonchev–Trinajstić information content (AvgIpc) is 2.90. The number of carbonyl (C=O) groups is 2. The van der Waals surface area contributed by atoms with E-state index >= 15 is 0 Å². The van der Waals surface area contributed by atoms with Gasteiger partial charge in [-0.05, 0) is 65.7 Å². The number of anilines is 1. The standard InChI is InChI=1S/C22H28N2O3S/c1-12-8-13(2)10-14(9-12)18(25)23-19-16(20(26)27-7)15-11-21(3,4)24-22(5,6)17(15)28-19/h8-10,24H,11H2,1-7H3,(H,23,25). The first kappa shape index (κ1) is 20.6. The molecule has 1 aliphatic rings. The average molecular weight is 401 g/mol. The SMILES string of the molecule is COC(=O)c1c(NC(=O)c2cc(C)cc(C)c2)sc2c1CC(C)(C)NC2(C)C. The fourth-order valence-electron chi connectivity index (χ4n) is 4.21. The molecular weight excluding hydrogens is 372 g/mol. The van der Waals surface area contributed by atoms with E-state index in [4.69, 9.17) is 4.74 Å². The fraction of sp³-hybridized carbons (Fsp3) is 0.455. The second-order valence-corrected chi connectivity index (χ2v) is 9.77. The summed E-state index contributed by atoms with van der Waals surface area (Å²) in [5, 5.41) is 7.15. The zero-order chi connectivity index (χ0) is 20.9. The molecule has 2 aromatic rings. The van der Waals surface area contributed by atoms with E-state index in [0.29, 0.717) is 22.5 Å². The molecular formula is C22H28N2O3S. The number of hydrogen-bond acceptors (Lipinski definition) is 5. The highest BCUT2D eigenvalue weighted by atomic mass is 32.1. The van der Waals surface area contributed by atoms with Crippen molar-refractivity contribution in [2.75, 3.05) is 12.4 Å². The maximum atomic E-state index is 12.9. The predicted octanol–water partition coefficient (Wildman–Crippen LogP) is 4.56. The summed E-state index contributed by atoms with van der Waals surface area (Å²) >= 11 is 1.45. The van der Waals surface area contributed by atoms with E-state index in [9.17, 15) is 9.59 Å². The number of methoxy groups -OCH3 is 1. The third-order valence-corrected chi connectivity index (χ3v) is 6.42. The molecule has 0 aliphatic carbocycles. The molecule has 0 saturated carbocycles. The number of fused-ring (bicyclic) bond motifs is 1. The summed E-state index contributed by atoms with van der Waals surface area (Å²) in [6.07, 6.45) is 0.687. The van der Waals surface area contributed by atoms with Crippen LogP contribution in [0.3, 0.4) is 0 Å². The first-order valence-corrected chi connectivity index (χ1v) is 10.2. The van der Waals surface area contributed by atoms with Crippen LogP contribution < -0.4 is 10.6 Å². The highest BCUT2D eigenvalue weighted by Crippen LogP contribution is 2.45. The lowest BCUT2D eigenvalue weighted by Gasteiger charge is -2.42. The normalized spacial score (nSPS) is 17.0. The summed E-state index contributed by atoms with van der Waals surface area (Å²) in [5.74, 6) is -0.637. The lowest BCUT2D eigenvalue weighted by atomic mass is 9.81. The number of esters is 1. The molecule has 6 heteroatoms. The molecule has 0 unspecified atom stereocenters. The highest BCUT2D eigenvalue weighted by Gasteiger charge is 2.42. The molecule has 0 bridgehead atoms. The maximum Gasteiger partial charge on any atom is 0.341 e. The molecule has 0 atom stereocenters. The number of aryl methyl sites for hydroxylation is 2. The Bertz CT molecular complexity index is 937. The molecule has 28 heavy (non-hydrogen) atoms. The molecule has 2 N–H and O–H groups in total. The first-order valence-electron chi connectivity index (χ1n) is 9.37. The Balaban J connectivity index is 2.08. The van der Waals surface area contributed by atoms with Gasteiger partial charge in [-0.3, -0.25) is 4.79 Å². The molecule has 1 aromatic heterocycles. The van der Waals surface area contributed by atoms with E-state index < -0.39 is 5.97 Å². The summed E-state index contributed by atoms with van der Waals surface area (Å²) in [7, 11) is 1.37. The number of hydrogen-bond donors (Lipinski definition) is 2. The van der Waals surface area contributed by atoms with Gasteiger partial charge in [0.15, 0.2) is 0 Å². The van der Waals surface area contributed by atoms with Gasteiger partial charge in [-0.15, -0.1) is 11.3 Å². The first-order chi connectivity index (χ1) is 12.9. The van der Waals surface area contributed by atoms with Crippen LogP contribution in [0.5, 0.6) is 0 Å². The highest BCUT2D eigenvalue weighted by molar-refractivity contribution is 7.17. The van der Waals surface area contributed by atoms with Crippen LogP contribution in [0, 0.1) is 13.8 Å². The molecule has 2 heterocycles. The van der Waals surface area contributed by atoms with Crippen LogP contribution in [0.15, 0.2) is 18.2 Å². The Morgan fingerprint density at radius 1 is 1.11 bits per heavy atom. The monoisotopic (exact) mass is 400 g/mol. The summed E-state index contributed by atoms with van der Waals surface area (Å²) in [6, 6.07) is 5.72. The van der Waals surface area contributed by atoms with Gasteiger partial charge in [0.1, 0.15) is 5.00 Å². The van der Waals surface area contributed by atoms with E-state index in [1.54, 1.807) is 0 Å². The third kappa shape index (κ3) is 3.84. The van der Waals surface area contributed by atoms with Crippen LogP contribution in [-0.2, 0) is 16.7 Å². The molecule has 1 amide bonds.